The average molecular weight is 440 g/mol. The minimum absolute atomic E-state index is 0.259. The van der Waals surface area contributed by atoms with Gasteiger partial charge in [-0.3, -0.25) is 4.90 Å². The van der Waals surface area contributed by atoms with Gasteiger partial charge in [-0.05, 0) is 70.7 Å². The van der Waals surface area contributed by atoms with Crippen LogP contribution in [0, 0.1) is 0 Å². The Kier molecular flexibility index (Phi) is 7.12. The molecule has 1 aliphatic heterocycles. The van der Waals surface area contributed by atoms with Crippen LogP contribution in [0.3, 0.4) is 0 Å². The lowest BCUT2D eigenvalue weighted by Crippen LogP contribution is -2.53. The molecule has 1 amide bonds. The summed E-state index contributed by atoms with van der Waals surface area (Å²) in [6, 6.07) is 17.4. The number of benzene rings is 2. The van der Waals surface area contributed by atoms with Crippen molar-refractivity contribution in [2.75, 3.05) is 6.61 Å². The maximum atomic E-state index is 13.2. The van der Waals surface area contributed by atoms with Crippen LogP contribution in [0.25, 0.3) is 0 Å². The topological polar surface area (TPSA) is 65.1 Å². The molecule has 0 unspecified atom stereocenters. The zero-order valence-electron chi connectivity index (χ0n) is 19.6. The van der Waals surface area contributed by atoms with E-state index in [0.29, 0.717) is 19.4 Å². The van der Waals surface area contributed by atoms with Crippen molar-refractivity contribution in [1.29, 1.82) is 0 Å². The Morgan fingerprint density at radius 2 is 1.72 bits per heavy atom. The summed E-state index contributed by atoms with van der Waals surface area (Å²) >= 11 is 0. The van der Waals surface area contributed by atoms with Gasteiger partial charge in [0, 0.05) is 0 Å². The molecule has 0 aromatic heterocycles. The van der Waals surface area contributed by atoms with E-state index in [1.807, 2.05) is 75.4 Å². The van der Waals surface area contributed by atoms with E-state index < -0.39 is 23.2 Å². The molecule has 2 aromatic carbocycles. The molecule has 3 rings (SSSR count). The quantitative estimate of drug-likeness (QED) is 0.544. The Morgan fingerprint density at radius 3 is 2.31 bits per heavy atom. The monoisotopic (exact) mass is 439 g/mol. The van der Waals surface area contributed by atoms with Crippen LogP contribution in [0.4, 0.5) is 4.79 Å². The van der Waals surface area contributed by atoms with Gasteiger partial charge in [-0.1, -0.05) is 42.5 Å². The van der Waals surface area contributed by atoms with Crippen LogP contribution in [-0.4, -0.2) is 34.7 Å². The number of esters is 1. The van der Waals surface area contributed by atoms with Gasteiger partial charge in [0.1, 0.15) is 23.5 Å². The zero-order chi connectivity index (χ0) is 23.4. The maximum Gasteiger partial charge on any atom is 0.411 e. The molecule has 0 bridgehead atoms. The summed E-state index contributed by atoms with van der Waals surface area (Å²) in [7, 11) is 0. The molecule has 2 aromatic rings. The molecule has 1 fully saturated rings. The lowest BCUT2D eigenvalue weighted by atomic mass is 9.99. The van der Waals surface area contributed by atoms with Gasteiger partial charge >= 0.3 is 12.1 Å². The number of ether oxygens (including phenoxy) is 3. The number of hydrogen-bond donors (Lipinski definition) is 0. The lowest BCUT2D eigenvalue weighted by Gasteiger charge is -2.37. The van der Waals surface area contributed by atoms with E-state index >= 15 is 0 Å². The van der Waals surface area contributed by atoms with Crippen LogP contribution < -0.4 is 4.74 Å². The molecule has 6 heteroatoms. The van der Waals surface area contributed by atoms with Crippen LogP contribution in [0.5, 0.6) is 5.75 Å². The first-order valence-corrected chi connectivity index (χ1v) is 11.1. The Labute approximate surface area is 190 Å². The van der Waals surface area contributed by atoms with E-state index in [1.54, 1.807) is 18.7 Å². The van der Waals surface area contributed by atoms with Crippen molar-refractivity contribution < 1.29 is 23.8 Å². The largest absolute Gasteiger partial charge is 0.489 e. The molecule has 0 spiro atoms. The molecule has 6 nitrogen and oxygen atoms in total. The van der Waals surface area contributed by atoms with Gasteiger partial charge in [-0.25, -0.2) is 9.59 Å². The van der Waals surface area contributed by atoms with Gasteiger partial charge in [0.15, 0.2) is 0 Å². The van der Waals surface area contributed by atoms with E-state index in [0.717, 1.165) is 16.9 Å². The van der Waals surface area contributed by atoms with E-state index in [-0.39, 0.29) is 12.6 Å². The van der Waals surface area contributed by atoms with Gasteiger partial charge in [0.05, 0.1) is 12.6 Å². The normalized spacial score (nSPS) is 20.7. The SMILES string of the molecule is CCOC(=O)[C@@]1(C)CC[C@@H](c2ccc(OCc3ccccc3)cc2)N1C(=O)OC(C)(C)C. The summed E-state index contributed by atoms with van der Waals surface area (Å²) in [5.41, 5.74) is 0.269. The molecule has 0 N–H and O–H groups in total. The number of hydrogen-bond acceptors (Lipinski definition) is 5. The Morgan fingerprint density at radius 1 is 1.06 bits per heavy atom. The van der Waals surface area contributed by atoms with Crippen LogP contribution in [0.15, 0.2) is 54.6 Å². The zero-order valence-corrected chi connectivity index (χ0v) is 19.6. The highest BCUT2D eigenvalue weighted by molar-refractivity contribution is 5.86. The van der Waals surface area contributed by atoms with Crippen LogP contribution >= 0.6 is 0 Å². The second-order valence-corrected chi connectivity index (χ2v) is 9.24. The van der Waals surface area contributed by atoms with E-state index in [1.165, 1.54) is 0 Å². The van der Waals surface area contributed by atoms with Crippen molar-refractivity contribution in [3.05, 3.63) is 65.7 Å². The first-order chi connectivity index (χ1) is 15.1. The summed E-state index contributed by atoms with van der Waals surface area (Å²) in [6.07, 6.45) is 0.626. The van der Waals surface area contributed by atoms with Crippen molar-refractivity contribution in [3.8, 4) is 5.75 Å². The van der Waals surface area contributed by atoms with Gasteiger partial charge in [0.25, 0.3) is 0 Å². The van der Waals surface area contributed by atoms with Gasteiger partial charge in [-0.2, -0.15) is 0 Å². The van der Waals surface area contributed by atoms with Crippen molar-refractivity contribution in [1.82, 2.24) is 4.90 Å². The Balaban J connectivity index is 1.81. The van der Waals surface area contributed by atoms with Gasteiger partial charge < -0.3 is 14.2 Å². The Bertz CT molecular complexity index is 919. The van der Waals surface area contributed by atoms with E-state index in [2.05, 4.69) is 0 Å². The summed E-state index contributed by atoms with van der Waals surface area (Å²) in [4.78, 5) is 27.5. The number of likely N-dealkylation sites (tertiary alicyclic amines) is 1. The third kappa shape index (κ3) is 5.42. The number of nitrogens with zero attached hydrogens (tertiary/aromatic N) is 1. The highest BCUT2D eigenvalue weighted by Gasteiger charge is 2.53. The molecule has 0 aliphatic carbocycles. The number of rotatable bonds is 6. The third-order valence-corrected chi connectivity index (χ3v) is 5.57. The molecule has 1 heterocycles. The molecule has 172 valence electrons. The van der Waals surface area contributed by atoms with E-state index in [9.17, 15) is 9.59 Å². The predicted octanol–water partition coefficient (Wildman–Crippen LogP) is 5.66. The van der Waals surface area contributed by atoms with Gasteiger partial charge in [0.2, 0.25) is 0 Å². The number of amides is 1. The molecular formula is C26H33NO5. The molecular weight excluding hydrogens is 406 g/mol. The Hall–Kier alpha value is -3.02. The van der Waals surface area contributed by atoms with Crippen LogP contribution in [0.1, 0.15) is 64.6 Å². The predicted molar refractivity (Wildman–Crippen MR) is 122 cm³/mol. The van der Waals surface area contributed by atoms with Crippen molar-refractivity contribution in [3.63, 3.8) is 0 Å². The summed E-state index contributed by atoms with van der Waals surface area (Å²) in [6.45, 7) is 9.71. The summed E-state index contributed by atoms with van der Waals surface area (Å²) < 4.78 is 16.9. The average Bonchev–Trinajstić information content (AvgIpc) is 3.11. The van der Waals surface area contributed by atoms with Crippen molar-refractivity contribution in [2.45, 2.75) is 71.2 Å². The van der Waals surface area contributed by atoms with Gasteiger partial charge in [-0.15, -0.1) is 0 Å². The molecule has 0 saturated carbocycles. The van der Waals surface area contributed by atoms with E-state index in [4.69, 9.17) is 14.2 Å². The fourth-order valence-electron chi connectivity index (χ4n) is 3.98. The molecule has 2 atom stereocenters. The fraction of sp³-hybridized carbons (Fsp3) is 0.462. The molecule has 1 saturated heterocycles. The van der Waals surface area contributed by atoms with Crippen LogP contribution in [-0.2, 0) is 20.9 Å². The highest BCUT2D eigenvalue weighted by Crippen LogP contribution is 2.44. The fourth-order valence-corrected chi connectivity index (χ4v) is 3.98. The third-order valence-electron chi connectivity index (χ3n) is 5.57. The summed E-state index contributed by atoms with van der Waals surface area (Å²) in [5.74, 6) is 0.337. The second kappa shape index (κ2) is 9.63. The molecule has 32 heavy (non-hydrogen) atoms. The number of carbonyl (C=O) groups is 2. The van der Waals surface area contributed by atoms with Crippen LogP contribution in [0.2, 0.25) is 0 Å². The maximum absolute atomic E-state index is 13.2. The highest BCUT2D eigenvalue weighted by atomic mass is 16.6. The smallest absolute Gasteiger partial charge is 0.411 e. The lowest BCUT2D eigenvalue weighted by molar-refractivity contribution is -0.155. The molecule has 0 radical (unpaired) electrons. The first kappa shape index (κ1) is 23.6. The van der Waals surface area contributed by atoms with Crippen molar-refractivity contribution >= 4 is 12.1 Å². The minimum Gasteiger partial charge on any atom is -0.489 e. The second-order valence-electron chi connectivity index (χ2n) is 9.24. The first-order valence-electron chi connectivity index (χ1n) is 11.1. The van der Waals surface area contributed by atoms with Crippen molar-refractivity contribution in [2.24, 2.45) is 0 Å². The number of carbonyl (C=O) groups excluding carboxylic acids is 2. The minimum atomic E-state index is -1.08. The molecule has 1 aliphatic rings. The standard InChI is InChI=1S/C26H33NO5/c1-6-30-23(28)26(5)17-16-22(27(26)24(29)32-25(2,3)4)20-12-14-21(15-13-20)31-18-19-10-8-7-9-11-19/h7-15,22H,6,16-18H2,1-5H3/t22-,26+/m0/s1. The summed E-state index contributed by atoms with van der Waals surface area (Å²) in [5, 5.41) is 0.